The molecule has 178 valence electrons. The van der Waals surface area contributed by atoms with E-state index in [0.29, 0.717) is 29.5 Å². The Bertz CT molecular complexity index is 1420. The van der Waals surface area contributed by atoms with E-state index in [1.54, 1.807) is 7.11 Å². The first-order valence-corrected chi connectivity index (χ1v) is 11.2. The number of hydrogen-bond donors (Lipinski definition) is 3. The van der Waals surface area contributed by atoms with E-state index in [0.717, 1.165) is 39.1 Å². The van der Waals surface area contributed by atoms with E-state index in [9.17, 15) is 14.7 Å². The molecular weight excluding hydrogens is 438 g/mol. The number of rotatable bonds is 3. The maximum atomic E-state index is 13.2. The number of aromatic hydroxyl groups is 1. The van der Waals surface area contributed by atoms with Gasteiger partial charge < -0.3 is 24.2 Å². The van der Waals surface area contributed by atoms with E-state index in [1.165, 1.54) is 4.57 Å². The molecule has 3 heterocycles. The zero-order chi connectivity index (χ0) is 24.3. The normalized spacial score (nSPS) is 18.6. The van der Waals surface area contributed by atoms with Crippen molar-refractivity contribution in [1.29, 1.82) is 0 Å². The Morgan fingerprint density at radius 3 is 2.50 bits per heavy atom. The maximum Gasteiger partial charge on any atom is 0.335 e. The number of H-pyrrole nitrogens is 1. The molecule has 2 aliphatic rings. The van der Waals surface area contributed by atoms with Gasteiger partial charge in [0.2, 0.25) is 18.4 Å². The molecule has 0 fully saturated rings. The van der Waals surface area contributed by atoms with Gasteiger partial charge in [-0.15, -0.1) is 0 Å². The largest absolute Gasteiger partial charge is 0.494 e. The summed E-state index contributed by atoms with van der Waals surface area (Å²) >= 11 is 0. The summed E-state index contributed by atoms with van der Waals surface area (Å²) in [6.45, 7) is 6.52. The topological polar surface area (TPSA) is 107 Å². The molecule has 3 N–H and O–H groups in total. The van der Waals surface area contributed by atoms with Crippen molar-refractivity contribution in [2.75, 3.05) is 27.5 Å². The summed E-state index contributed by atoms with van der Waals surface area (Å²) in [6, 6.07) is 5.20. The standard InChI is InChI=1S/C25H27N3O6/c1-12-8-13(2)19(14(3)9-12)28-24(30)18(23(29)26-25(28)31)20-17-15(6-7-27(20)4)10-16-21(22(17)32-5)34-11-33-16/h8-10,20,30H,6-7,11H2,1-5H3,(H,26,29,31)/p+1/t20-/m0/s1. The van der Waals surface area contributed by atoms with E-state index >= 15 is 0 Å². The van der Waals surface area contributed by atoms with Crippen molar-refractivity contribution in [2.45, 2.75) is 33.2 Å². The van der Waals surface area contributed by atoms with Gasteiger partial charge in [0, 0.05) is 6.42 Å². The molecule has 0 saturated heterocycles. The summed E-state index contributed by atoms with van der Waals surface area (Å²) < 4.78 is 18.2. The van der Waals surface area contributed by atoms with E-state index in [-0.39, 0.29) is 18.2 Å². The first-order valence-electron chi connectivity index (χ1n) is 11.2. The minimum atomic E-state index is -0.687. The summed E-state index contributed by atoms with van der Waals surface area (Å²) in [5.74, 6) is 1.19. The molecule has 0 radical (unpaired) electrons. The quantitative estimate of drug-likeness (QED) is 0.533. The highest BCUT2D eigenvalue weighted by Gasteiger charge is 2.41. The Morgan fingerprint density at radius 1 is 1.12 bits per heavy atom. The third-order valence-electron chi connectivity index (χ3n) is 6.79. The molecule has 0 aliphatic carbocycles. The number of hydrogen-bond acceptors (Lipinski definition) is 6. The minimum Gasteiger partial charge on any atom is -0.494 e. The van der Waals surface area contributed by atoms with E-state index in [1.807, 2.05) is 46.0 Å². The second-order valence-electron chi connectivity index (χ2n) is 9.08. The van der Waals surface area contributed by atoms with Gasteiger partial charge in [0.05, 0.1) is 32.0 Å². The van der Waals surface area contributed by atoms with Gasteiger partial charge in [0.25, 0.3) is 5.56 Å². The summed E-state index contributed by atoms with van der Waals surface area (Å²) in [7, 11) is 3.50. The average Bonchev–Trinajstić information content (AvgIpc) is 3.23. The molecule has 2 atom stereocenters. The Hall–Kier alpha value is -3.72. The van der Waals surface area contributed by atoms with Crippen LogP contribution < -0.4 is 30.4 Å². The Balaban J connectivity index is 1.82. The molecular formula is C25H28N3O6+. The van der Waals surface area contributed by atoms with Crippen LogP contribution in [0.2, 0.25) is 0 Å². The lowest BCUT2D eigenvalue weighted by Gasteiger charge is -2.33. The molecule has 9 heteroatoms. The monoisotopic (exact) mass is 466 g/mol. The Kier molecular flexibility index (Phi) is 5.16. The van der Waals surface area contributed by atoms with Crippen molar-refractivity contribution in [3.63, 3.8) is 0 Å². The number of likely N-dealkylation sites (N-methyl/N-ethyl adjacent to an activating group) is 1. The van der Waals surface area contributed by atoms with Gasteiger partial charge in [-0.05, 0) is 43.5 Å². The molecule has 1 unspecified atom stereocenters. The van der Waals surface area contributed by atoms with Gasteiger partial charge in [0.1, 0.15) is 5.56 Å². The second kappa shape index (κ2) is 7.95. The van der Waals surface area contributed by atoms with Gasteiger partial charge in [-0.25, -0.2) is 9.36 Å². The molecule has 5 rings (SSSR count). The van der Waals surface area contributed by atoms with E-state index in [4.69, 9.17) is 14.2 Å². The zero-order valence-electron chi connectivity index (χ0n) is 19.9. The van der Waals surface area contributed by atoms with Crippen LogP contribution in [0.15, 0.2) is 27.8 Å². The number of nitrogens with zero attached hydrogens (tertiary/aromatic N) is 1. The number of quaternary nitrogens is 1. The molecule has 3 aromatic rings. The first-order chi connectivity index (χ1) is 16.2. The molecule has 0 saturated carbocycles. The van der Waals surface area contributed by atoms with Crippen molar-refractivity contribution < 1.29 is 24.2 Å². The highest BCUT2D eigenvalue weighted by atomic mass is 16.7. The SMILES string of the molecule is COc1c2c(cc3c1[C@@H](c1c(O)n(-c4c(C)cc(C)cc4C)c(=O)[nH]c1=O)[NH+](C)CC3)OCO2. The Labute approximate surface area is 196 Å². The zero-order valence-corrected chi connectivity index (χ0v) is 19.9. The maximum absolute atomic E-state index is 13.2. The van der Waals surface area contributed by atoms with E-state index in [2.05, 4.69) is 4.98 Å². The van der Waals surface area contributed by atoms with Gasteiger partial charge in [0.15, 0.2) is 17.5 Å². The minimum absolute atomic E-state index is 0.0879. The first kappa shape index (κ1) is 22.1. The third-order valence-corrected chi connectivity index (χ3v) is 6.79. The number of methoxy groups -OCH3 is 1. The summed E-state index contributed by atoms with van der Waals surface area (Å²) in [4.78, 5) is 29.6. The molecule has 1 aromatic heterocycles. The smallest absolute Gasteiger partial charge is 0.335 e. The summed E-state index contributed by atoms with van der Waals surface area (Å²) in [6.07, 6.45) is 0.735. The number of aromatic nitrogens is 2. The predicted octanol–water partition coefficient (Wildman–Crippen LogP) is 1.05. The van der Waals surface area contributed by atoms with Crippen LogP contribution in [-0.2, 0) is 6.42 Å². The predicted molar refractivity (Wildman–Crippen MR) is 125 cm³/mol. The van der Waals surface area contributed by atoms with Crippen LogP contribution in [0.1, 0.15) is 39.4 Å². The van der Waals surface area contributed by atoms with Crippen LogP contribution in [0.25, 0.3) is 5.69 Å². The molecule has 0 bridgehead atoms. The van der Waals surface area contributed by atoms with Crippen molar-refractivity contribution in [3.05, 3.63) is 72.4 Å². The molecule has 2 aliphatic heterocycles. The van der Waals surface area contributed by atoms with E-state index < -0.39 is 17.3 Å². The lowest BCUT2D eigenvalue weighted by Crippen LogP contribution is -3.10. The van der Waals surface area contributed by atoms with Gasteiger partial charge >= 0.3 is 5.69 Å². The number of benzene rings is 2. The molecule has 34 heavy (non-hydrogen) atoms. The van der Waals surface area contributed by atoms with Crippen LogP contribution >= 0.6 is 0 Å². The van der Waals surface area contributed by atoms with Crippen LogP contribution in [-0.4, -0.2) is 42.2 Å². The number of fused-ring (bicyclic) bond motifs is 2. The van der Waals surface area contributed by atoms with Crippen molar-refractivity contribution >= 4 is 0 Å². The van der Waals surface area contributed by atoms with Crippen molar-refractivity contribution in [3.8, 4) is 28.8 Å². The van der Waals surface area contributed by atoms with Crippen LogP contribution in [0.4, 0.5) is 0 Å². The lowest BCUT2D eigenvalue weighted by molar-refractivity contribution is -0.908. The fourth-order valence-corrected chi connectivity index (χ4v) is 5.45. The Morgan fingerprint density at radius 2 is 1.82 bits per heavy atom. The number of ether oxygens (including phenoxy) is 3. The lowest BCUT2D eigenvalue weighted by atomic mass is 9.87. The van der Waals surface area contributed by atoms with Crippen molar-refractivity contribution in [2.24, 2.45) is 0 Å². The van der Waals surface area contributed by atoms with Gasteiger partial charge in [-0.2, -0.15) is 0 Å². The van der Waals surface area contributed by atoms with Crippen molar-refractivity contribution in [1.82, 2.24) is 9.55 Å². The highest BCUT2D eigenvalue weighted by molar-refractivity contribution is 5.63. The highest BCUT2D eigenvalue weighted by Crippen LogP contribution is 2.48. The molecule has 0 spiro atoms. The molecule has 2 aromatic carbocycles. The summed E-state index contributed by atoms with van der Waals surface area (Å²) in [5, 5.41) is 11.5. The number of aromatic amines is 1. The summed E-state index contributed by atoms with van der Waals surface area (Å²) in [5.41, 5.74) is 3.73. The van der Waals surface area contributed by atoms with Gasteiger partial charge in [-0.3, -0.25) is 9.78 Å². The fraction of sp³-hybridized carbons (Fsp3) is 0.360. The number of aryl methyl sites for hydroxylation is 3. The number of nitrogens with one attached hydrogen (secondary N) is 2. The van der Waals surface area contributed by atoms with Crippen LogP contribution in [0.3, 0.4) is 0 Å². The fourth-order valence-electron chi connectivity index (χ4n) is 5.45. The molecule has 9 nitrogen and oxygen atoms in total. The third kappa shape index (κ3) is 3.19. The average molecular weight is 467 g/mol. The van der Waals surface area contributed by atoms with Crippen LogP contribution in [0.5, 0.6) is 23.1 Å². The second-order valence-corrected chi connectivity index (χ2v) is 9.08. The van der Waals surface area contributed by atoms with Crippen LogP contribution in [0, 0.1) is 20.8 Å². The van der Waals surface area contributed by atoms with Gasteiger partial charge in [-0.1, -0.05) is 17.7 Å². The molecule has 0 amide bonds.